The summed E-state index contributed by atoms with van der Waals surface area (Å²) in [6.07, 6.45) is 0.988. The van der Waals surface area contributed by atoms with E-state index in [2.05, 4.69) is 0 Å². The van der Waals surface area contributed by atoms with Crippen molar-refractivity contribution in [3.63, 3.8) is 0 Å². The van der Waals surface area contributed by atoms with Crippen LogP contribution in [0.15, 0.2) is 23.1 Å². The summed E-state index contributed by atoms with van der Waals surface area (Å²) >= 11 is 0. The average Bonchev–Trinajstić information content (AvgIpc) is 3.11. The lowest BCUT2D eigenvalue weighted by Crippen LogP contribution is -2.40. The minimum Gasteiger partial charge on any atom is -0.480 e. The molecule has 1 aromatic rings. The fourth-order valence-electron chi connectivity index (χ4n) is 3.30. The van der Waals surface area contributed by atoms with Crippen LogP contribution in [0.4, 0.5) is 11.4 Å². The fraction of sp³-hybridized carbons (Fsp3) is 0.533. The number of nitro benzene ring substituents is 1. The molecule has 2 saturated heterocycles. The molecule has 0 radical (unpaired) electrons. The lowest BCUT2D eigenvalue weighted by molar-refractivity contribution is -0.384. The van der Waals surface area contributed by atoms with Crippen molar-refractivity contribution < 1.29 is 28.0 Å². The lowest BCUT2D eigenvalue weighted by Gasteiger charge is -2.27. The second kappa shape index (κ2) is 7.17. The Hall–Kier alpha value is -2.24. The number of anilines is 1. The summed E-state index contributed by atoms with van der Waals surface area (Å²) in [6.45, 7) is 1.28. The second-order valence-corrected chi connectivity index (χ2v) is 8.05. The van der Waals surface area contributed by atoms with E-state index in [1.165, 1.54) is 21.3 Å². The Morgan fingerprint density at radius 3 is 2.58 bits per heavy atom. The molecule has 10 nitrogen and oxygen atoms in total. The number of nitro groups is 1. The van der Waals surface area contributed by atoms with E-state index in [0.29, 0.717) is 19.4 Å². The van der Waals surface area contributed by atoms with E-state index < -0.39 is 32.6 Å². The number of nitrogens with zero attached hydrogens (tertiary/aromatic N) is 3. The quantitative estimate of drug-likeness (QED) is 0.578. The molecular weight excluding hydrogens is 366 g/mol. The molecule has 1 N–H and O–H groups in total. The first-order valence-corrected chi connectivity index (χ1v) is 9.62. The van der Waals surface area contributed by atoms with E-state index in [-0.39, 0.29) is 36.9 Å². The Morgan fingerprint density at radius 1 is 1.27 bits per heavy atom. The summed E-state index contributed by atoms with van der Waals surface area (Å²) in [5, 5.41) is 20.8. The standard InChI is InChI=1S/C15H19N3O7S/c19-15(20)13-2-1-5-17(13)12-4-3-11(10-14(12)18(21)22)26(23,24)16-6-8-25-9-7-16/h3-4,10,13H,1-2,5-9H2,(H,19,20). The molecule has 0 aliphatic carbocycles. The van der Waals surface area contributed by atoms with Crippen LogP contribution in [0.3, 0.4) is 0 Å². The van der Waals surface area contributed by atoms with Crippen molar-refractivity contribution in [3.8, 4) is 0 Å². The Morgan fingerprint density at radius 2 is 1.96 bits per heavy atom. The number of carboxylic acid groups (broad SMARTS) is 1. The van der Waals surface area contributed by atoms with Gasteiger partial charge in [0, 0.05) is 25.7 Å². The number of ether oxygens (including phenoxy) is 1. The third-order valence-corrected chi connectivity index (χ3v) is 6.49. The molecule has 11 heteroatoms. The van der Waals surface area contributed by atoms with Gasteiger partial charge in [-0.15, -0.1) is 0 Å². The SMILES string of the molecule is O=C(O)C1CCCN1c1ccc(S(=O)(=O)N2CCOCC2)cc1[N+](=O)[O-]. The molecule has 2 fully saturated rings. The molecule has 2 heterocycles. The van der Waals surface area contributed by atoms with Crippen LogP contribution in [-0.4, -0.2) is 67.6 Å². The lowest BCUT2D eigenvalue weighted by atomic mass is 10.2. The highest BCUT2D eigenvalue weighted by atomic mass is 32.2. The number of benzene rings is 1. The van der Waals surface area contributed by atoms with Gasteiger partial charge in [-0.05, 0) is 25.0 Å². The molecule has 26 heavy (non-hydrogen) atoms. The monoisotopic (exact) mass is 385 g/mol. The highest BCUT2D eigenvalue weighted by molar-refractivity contribution is 7.89. The van der Waals surface area contributed by atoms with E-state index in [0.717, 1.165) is 6.07 Å². The Bertz CT molecular complexity index is 821. The molecule has 0 bridgehead atoms. The van der Waals surface area contributed by atoms with E-state index in [1.807, 2.05) is 0 Å². The Balaban J connectivity index is 2.00. The summed E-state index contributed by atoms with van der Waals surface area (Å²) in [4.78, 5) is 23.5. The van der Waals surface area contributed by atoms with Gasteiger partial charge in [-0.2, -0.15) is 4.31 Å². The Labute approximate surface area is 150 Å². The van der Waals surface area contributed by atoms with Gasteiger partial charge in [-0.25, -0.2) is 13.2 Å². The van der Waals surface area contributed by atoms with Crippen LogP contribution in [0, 0.1) is 10.1 Å². The van der Waals surface area contributed by atoms with Crippen LogP contribution < -0.4 is 4.90 Å². The number of hydrogen-bond donors (Lipinski definition) is 1. The molecule has 2 aliphatic rings. The van der Waals surface area contributed by atoms with Gasteiger partial charge in [-0.1, -0.05) is 0 Å². The normalized spacial score (nSPS) is 21.7. The maximum absolute atomic E-state index is 12.7. The third kappa shape index (κ3) is 3.37. The summed E-state index contributed by atoms with van der Waals surface area (Å²) in [5.41, 5.74) is -0.284. The summed E-state index contributed by atoms with van der Waals surface area (Å²) in [6, 6.07) is 2.78. The third-order valence-electron chi connectivity index (χ3n) is 4.60. The minimum absolute atomic E-state index is 0.126. The number of morpholine rings is 1. The fourth-order valence-corrected chi connectivity index (χ4v) is 4.73. The van der Waals surface area contributed by atoms with Crippen molar-refractivity contribution in [3.05, 3.63) is 28.3 Å². The highest BCUT2D eigenvalue weighted by Crippen LogP contribution is 2.36. The summed E-state index contributed by atoms with van der Waals surface area (Å²) < 4.78 is 31.8. The van der Waals surface area contributed by atoms with Crippen molar-refractivity contribution >= 4 is 27.4 Å². The van der Waals surface area contributed by atoms with Crippen molar-refractivity contribution in [2.45, 2.75) is 23.8 Å². The summed E-state index contributed by atoms with van der Waals surface area (Å²) in [7, 11) is -3.87. The maximum Gasteiger partial charge on any atom is 0.326 e. The van der Waals surface area contributed by atoms with Crippen molar-refractivity contribution in [1.29, 1.82) is 0 Å². The van der Waals surface area contributed by atoms with E-state index in [9.17, 15) is 28.4 Å². The van der Waals surface area contributed by atoms with Gasteiger partial charge in [0.15, 0.2) is 0 Å². The number of carboxylic acids is 1. The van der Waals surface area contributed by atoms with Crippen LogP contribution in [0.1, 0.15) is 12.8 Å². The zero-order valence-corrected chi connectivity index (χ0v) is 14.7. The molecule has 1 aromatic carbocycles. The van der Waals surface area contributed by atoms with Crippen LogP contribution in [-0.2, 0) is 19.6 Å². The zero-order chi connectivity index (χ0) is 18.9. The second-order valence-electron chi connectivity index (χ2n) is 6.11. The first-order valence-electron chi connectivity index (χ1n) is 8.18. The average molecular weight is 385 g/mol. The molecule has 1 atom stereocenters. The van der Waals surface area contributed by atoms with Crippen molar-refractivity contribution in [2.75, 3.05) is 37.7 Å². The molecule has 0 aromatic heterocycles. The van der Waals surface area contributed by atoms with Gasteiger partial charge < -0.3 is 14.7 Å². The van der Waals surface area contributed by atoms with Gasteiger partial charge in [-0.3, -0.25) is 10.1 Å². The predicted octanol–water partition coefficient (Wildman–Crippen LogP) is 0.669. The van der Waals surface area contributed by atoms with E-state index >= 15 is 0 Å². The van der Waals surface area contributed by atoms with Gasteiger partial charge in [0.25, 0.3) is 5.69 Å². The number of carbonyl (C=O) groups is 1. The van der Waals surface area contributed by atoms with Crippen molar-refractivity contribution in [1.82, 2.24) is 4.31 Å². The van der Waals surface area contributed by atoms with Crippen LogP contribution in [0.5, 0.6) is 0 Å². The largest absolute Gasteiger partial charge is 0.480 e. The van der Waals surface area contributed by atoms with Crippen molar-refractivity contribution in [2.24, 2.45) is 0 Å². The number of rotatable bonds is 5. The van der Waals surface area contributed by atoms with E-state index in [4.69, 9.17) is 4.74 Å². The molecule has 0 saturated carbocycles. The van der Waals surface area contributed by atoms with Gasteiger partial charge in [0.05, 0.1) is 23.0 Å². The first kappa shape index (κ1) is 18.5. The smallest absolute Gasteiger partial charge is 0.326 e. The maximum atomic E-state index is 12.7. The Kier molecular flexibility index (Phi) is 5.12. The predicted molar refractivity (Wildman–Crippen MR) is 90.7 cm³/mol. The van der Waals surface area contributed by atoms with Crippen LogP contribution in [0.2, 0.25) is 0 Å². The van der Waals surface area contributed by atoms with Crippen LogP contribution >= 0.6 is 0 Å². The van der Waals surface area contributed by atoms with Gasteiger partial charge in [0.2, 0.25) is 10.0 Å². The minimum atomic E-state index is -3.87. The molecule has 0 amide bonds. The zero-order valence-electron chi connectivity index (χ0n) is 13.9. The summed E-state index contributed by atoms with van der Waals surface area (Å²) in [5.74, 6) is -1.05. The topological polar surface area (TPSA) is 130 Å². The molecule has 0 spiro atoms. The molecular formula is C15H19N3O7S. The van der Waals surface area contributed by atoms with Crippen LogP contribution in [0.25, 0.3) is 0 Å². The van der Waals surface area contributed by atoms with E-state index in [1.54, 1.807) is 0 Å². The van der Waals surface area contributed by atoms with Gasteiger partial charge >= 0.3 is 5.97 Å². The molecule has 142 valence electrons. The number of hydrogen-bond acceptors (Lipinski definition) is 7. The van der Waals surface area contributed by atoms with Gasteiger partial charge in [0.1, 0.15) is 11.7 Å². The number of aliphatic carboxylic acids is 1. The number of sulfonamides is 1. The molecule has 2 aliphatic heterocycles. The molecule has 1 unspecified atom stereocenters. The highest BCUT2D eigenvalue weighted by Gasteiger charge is 2.36. The first-order chi connectivity index (χ1) is 12.3. The molecule has 3 rings (SSSR count).